The average molecular weight is 627 g/mol. The highest BCUT2D eigenvalue weighted by Gasteiger charge is 2.11. The van der Waals surface area contributed by atoms with Gasteiger partial charge in [-0.2, -0.15) is 0 Å². The van der Waals surface area contributed by atoms with Gasteiger partial charge in [-0.3, -0.25) is 0 Å². The standard InChI is InChI=1S/C38H26OS4/c1-23-3-7-25(8-4-23)11-13-31-15-27-17-35-29(19-33(27)40-31)21-37(42-35)39-38-22-30-20-34-28(18-36(30)43-38)16-32(41-34)14-12-26-9-5-24(2)6-10-26/h3-22H,1-2H3. The first-order valence-corrected chi connectivity index (χ1v) is 17.4. The summed E-state index contributed by atoms with van der Waals surface area (Å²) in [6.45, 7) is 4.24. The fraction of sp³-hybridized carbons (Fsp3) is 0.0526. The molecule has 8 rings (SSSR count). The summed E-state index contributed by atoms with van der Waals surface area (Å²) in [6.07, 6.45) is 8.81. The normalized spacial score (nSPS) is 12.2. The summed E-state index contributed by atoms with van der Waals surface area (Å²) in [6, 6.07) is 35.4. The summed E-state index contributed by atoms with van der Waals surface area (Å²) < 4.78 is 11.5. The Morgan fingerprint density at radius 2 is 0.791 bits per heavy atom. The van der Waals surface area contributed by atoms with E-state index in [0.29, 0.717) is 0 Å². The maximum absolute atomic E-state index is 6.42. The van der Waals surface area contributed by atoms with Crippen LogP contribution in [0.25, 0.3) is 64.6 Å². The average Bonchev–Trinajstić information content (AvgIpc) is 3.77. The highest BCUT2D eigenvalue weighted by Crippen LogP contribution is 2.43. The molecule has 0 fully saturated rings. The number of ether oxygens (including phenoxy) is 1. The lowest BCUT2D eigenvalue weighted by molar-refractivity contribution is 0.512. The van der Waals surface area contributed by atoms with Gasteiger partial charge >= 0.3 is 0 Å². The minimum Gasteiger partial charge on any atom is -0.436 e. The molecule has 0 saturated carbocycles. The predicted octanol–water partition coefficient (Wildman–Crippen LogP) is 13.3. The van der Waals surface area contributed by atoms with Crippen molar-refractivity contribution in [1.82, 2.24) is 0 Å². The molecule has 208 valence electrons. The van der Waals surface area contributed by atoms with E-state index in [1.54, 1.807) is 22.7 Å². The molecule has 1 nitrogen and oxygen atoms in total. The molecular weight excluding hydrogens is 601 g/mol. The van der Waals surface area contributed by atoms with Crippen LogP contribution in [0.2, 0.25) is 0 Å². The van der Waals surface area contributed by atoms with Crippen LogP contribution in [0.1, 0.15) is 32.0 Å². The molecule has 43 heavy (non-hydrogen) atoms. The van der Waals surface area contributed by atoms with Crippen molar-refractivity contribution in [3.05, 3.63) is 129 Å². The number of rotatable bonds is 6. The molecule has 0 aliphatic rings. The van der Waals surface area contributed by atoms with Crippen LogP contribution in [0.5, 0.6) is 10.1 Å². The Hall–Kier alpha value is -4.00. The lowest BCUT2D eigenvalue weighted by Gasteiger charge is -1.95. The zero-order chi connectivity index (χ0) is 28.9. The molecule has 4 heterocycles. The Morgan fingerprint density at radius 3 is 1.21 bits per heavy atom. The highest BCUT2D eigenvalue weighted by molar-refractivity contribution is 7.23. The van der Waals surface area contributed by atoms with E-state index in [4.69, 9.17) is 4.74 Å². The Morgan fingerprint density at radius 1 is 0.419 bits per heavy atom. The first-order valence-electron chi connectivity index (χ1n) is 14.1. The summed E-state index contributed by atoms with van der Waals surface area (Å²) in [5.41, 5.74) is 5.02. The smallest absolute Gasteiger partial charge is 0.183 e. The topological polar surface area (TPSA) is 9.23 Å². The Balaban J connectivity index is 1.01. The predicted molar refractivity (Wildman–Crippen MR) is 195 cm³/mol. The van der Waals surface area contributed by atoms with Crippen molar-refractivity contribution in [2.24, 2.45) is 0 Å². The number of hydrogen-bond donors (Lipinski definition) is 0. The fourth-order valence-corrected chi connectivity index (χ4v) is 9.17. The SMILES string of the molecule is Cc1ccc(C=Cc2cc3cc4sc(Oc5cc6cc7sc(C=Cc8ccc(C)cc8)cc7cc6s5)cc4cc3s2)cc1. The van der Waals surface area contributed by atoms with Gasteiger partial charge in [-0.1, -0.05) is 94.5 Å². The molecule has 0 atom stereocenters. The van der Waals surface area contributed by atoms with Gasteiger partial charge in [-0.05, 0) is 95.1 Å². The first-order chi connectivity index (χ1) is 21.0. The highest BCUT2D eigenvalue weighted by atomic mass is 32.1. The van der Waals surface area contributed by atoms with Gasteiger partial charge in [0, 0.05) is 40.7 Å². The third-order valence-electron chi connectivity index (χ3n) is 7.54. The van der Waals surface area contributed by atoms with E-state index in [2.05, 4.69) is 135 Å². The van der Waals surface area contributed by atoms with E-state index in [1.807, 2.05) is 22.7 Å². The molecule has 5 heteroatoms. The van der Waals surface area contributed by atoms with Crippen LogP contribution >= 0.6 is 45.3 Å². The van der Waals surface area contributed by atoms with Crippen molar-refractivity contribution < 1.29 is 4.74 Å². The molecule has 0 aliphatic carbocycles. The molecule has 4 aromatic heterocycles. The first kappa shape index (κ1) is 26.6. The van der Waals surface area contributed by atoms with E-state index in [9.17, 15) is 0 Å². The molecule has 0 spiro atoms. The molecule has 4 aromatic carbocycles. The van der Waals surface area contributed by atoms with Gasteiger partial charge in [-0.25, -0.2) is 0 Å². The number of aryl methyl sites for hydroxylation is 2. The van der Waals surface area contributed by atoms with Crippen LogP contribution in [0, 0.1) is 13.8 Å². The van der Waals surface area contributed by atoms with Crippen LogP contribution in [0.4, 0.5) is 0 Å². The monoisotopic (exact) mass is 626 g/mol. The molecule has 0 radical (unpaired) electrons. The van der Waals surface area contributed by atoms with Crippen LogP contribution in [0.3, 0.4) is 0 Å². The summed E-state index contributed by atoms with van der Waals surface area (Å²) in [7, 11) is 0. The van der Waals surface area contributed by atoms with Gasteiger partial charge in [0.2, 0.25) is 0 Å². The largest absolute Gasteiger partial charge is 0.436 e. The van der Waals surface area contributed by atoms with E-state index in [-0.39, 0.29) is 0 Å². The van der Waals surface area contributed by atoms with Crippen molar-refractivity contribution >= 4 is 110 Å². The fourth-order valence-electron chi connectivity index (χ4n) is 5.21. The molecular formula is C38H26OS4. The Kier molecular flexibility index (Phi) is 6.76. The Bertz CT molecular complexity index is 2050. The van der Waals surface area contributed by atoms with Crippen molar-refractivity contribution in [3.8, 4) is 10.1 Å². The lowest BCUT2D eigenvalue weighted by atomic mass is 10.1. The van der Waals surface area contributed by atoms with Crippen molar-refractivity contribution in [2.45, 2.75) is 13.8 Å². The third-order valence-corrected chi connectivity index (χ3v) is 11.6. The van der Waals surface area contributed by atoms with Crippen molar-refractivity contribution in [3.63, 3.8) is 0 Å². The number of benzene rings is 4. The van der Waals surface area contributed by atoms with Crippen LogP contribution in [0.15, 0.2) is 97.1 Å². The van der Waals surface area contributed by atoms with Gasteiger partial charge in [0.05, 0.1) is 0 Å². The summed E-state index contributed by atoms with van der Waals surface area (Å²) in [4.78, 5) is 2.54. The number of hydrogen-bond acceptors (Lipinski definition) is 5. The number of thiophene rings is 4. The van der Waals surface area contributed by atoms with Gasteiger partial charge in [0.1, 0.15) is 0 Å². The molecule has 0 aliphatic heterocycles. The summed E-state index contributed by atoms with van der Waals surface area (Å²) >= 11 is 7.09. The zero-order valence-electron chi connectivity index (χ0n) is 23.6. The van der Waals surface area contributed by atoms with E-state index < -0.39 is 0 Å². The summed E-state index contributed by atoms with van der Waals surface area (Å²) in [5, 5.41) is 6.90. The quantitative estimate of drug-likeness (QED) is 0.178. The van der Waals surface area contributed by atoms with E-state index in [0.717, 1.165) is 10.1 Å². The molecule has 0 N–H and O–H groups in total. The minimum absolute atomic E-state index is 0.934. The summed E-state index contributed by atoms with van der Waals surface area (Å²) in [5.74, 6) is 0. The van der Waals surface area contributed by atoms with Gasteiger partial charge < -0.3 is 4.74 Å². The van der Waals surface area contributed by atoms with Gasteiger partial charge in [-0.15, -0.1) is 22.7 Å². The lowest BCUT2D eigenvalue weighted by Crippen LogP contribution is -1.73. The second-order valence-electron chi connectivity index (χ2n) is 10.9. The second kappa shape index (κ2) is 10.9. The van der Waals surface area contributed by atoms with Crippen LogP contribution < -0.4 is 4.74 Å². The number of fused-ring (bicyclic) bond motifs is 4. The second-order valence-corrected chi connectivity index (χ2v) is 15.2. The van der Waals surface area contributed by atoms with Crippen molar-refractivity contribution in [2.75, 3.05) is 0 Å². The molecule has 0 saturated heterocycles. The zero-order valence-corrected chi connectivity index (χ0v) is 26.9. The van der Waals surface area contributed by atoms with Gasteiger partial charge in [0.25, 0.3) is 0 Å². The maximum atomic E-state index is 6.42. The molecule has 0 bridgehead atoms. The molecule has 0 amide bonds. The van der Waals surface area contributed by atoms with E-state index in [1.165, 1.54) is 72.4 Å². The third kappa shape index (κ3) is 5.57. The van der Waals surface area contributed by atoms with Crippen LogP contribution in [-0.2, 0) is 0 Å². The minimum atomic E-state index is 0.934. The van der Waals surface area contributed by atoms with Crippen LogP contribution in [-0.4, -0.2) is 0 Å². The molecule has 8 aromatic rings. The van der Waals surface area contributed by atoms with Gasteiger partial charge in [0.15, 0.2) is 10.1 Å². The maximum Gasteiger partial charge on any atom is 0.183 e. The van der Waals surface area contributed by atoms with E-state index >= 15 is 0 Å². The molecule has 0 unspecified atom stereocenters. The van der Waals surface area contributed by atoms with Crippen molar-refractivity contribution in [1.29, 1.82) is 0 Å². The Labute approximate surface area is 266 Å².